The minimum atomic E-state index is -0.170. The maximum absolute atomic E-state index is 11.9. The monoisotopic (exact) mass is 231 g/mol. The van der Waals surface area contributed by atoms with E-state index in [9.17, 15) is 4.79 Å². The lowest BCUT2D eigenvalue weighted by molar-refractivity contribution is 0.0856. The van der Waals surface area contributed by atoms with Crippen LogP contribution in [-0.2, 0) is 0 Å². The Morgan fingerprint density at radius 3 is 2.76 bits per heavy atom. The van der Waals surface area contributed by atoms with Gasteiger partial charge in [-0.25, -0.2) is 5.01 Å². The lowest BCUT2D eigenvalue weighted by Crippen LogP contribution is -2.36. The lowest BCUT2D eigenvalue weighted by Gasteiger charge is -2.13. The summed E-state index contributed by atoms with van der Waals surface area (Å²) in [5, 5.41) is 1.60. The number of hydrogen-bond donors (Lipinski definition) is 2. The number of aryl methyl sites for hydroxylation is 1. The van der Waals surface area contributed by atoms with Gasteiger partial charge in [0.1, 0.15) is 0 Å². The minimum Gasteiger partial charge on any atom is -0.320 e. The first-order valence-corrected chi connectivity index (χ1v) is 5.32. The molecule has 1 amide bonds. The number of carbonyl (C=O) groups is 1. The SMILES string of the molecule is Cc1ccc(C(=O)NN(C)C)c(C#CCN)c1. The molecule has 0 aliphatic heterocycles. The van der Waals surface area contributed by atoms with E-state index in [1.54, 1.807) is 25.2 Å². The molecule has 0 atom stereocenters. The molecule has 4 heteroatoms. The van der Waals surface area contributed by atoms with Crippen molar-refractivity contribution in [1.29, 1.82) is 0 Å². The molecule has 0 unspecified atom stereocenters. The van der Waals surface area contributed by atoms with Crippen molar-refractivity contribution in [2.24, 2.45) is 5.73 Å². The van der Waals surface area contributed by atoms with Crippen LogP contribution in [0.2, 0.25) is 0 Å². The summed E-state index contributed by atoms with van der Waals surface area (Å²) in [6.07, 6.45) is 0. The average molecular weight is 231 g/mol. The van der Waals surface area contributed by atoms with Crippen molar-refractivity contribution in [1.82, 2.24) is 10.4 Å². The molecule has 0 heterocycles. The van der Waals surface area contributed by atoms with Crippen LogP contribution >= 0.6 is 0 Å². The summed E-state index contributed by atoms with van der Waals surface area (Å²) in [5.41, 5.74) is 10.4. The largest absolute Gasteiger partial charge is 0.320 e. The Kier molecular flexibility index (Phi) is 4.70. The molecule has 0 saturated carbocycles. The summed E-state index contributed by atoms with van der Waals surface area (Å²) in [7, 11) is 3.52. The molecule has 0 spiro atoms. The van der Waals surface area contributed by atoms with E-state index in [4.69, 9.17) is 5.73 Å². The van der Waals surface area contributed by atoms with Crippen molar-refractivity contribution in [3.63, 3.8) is 0 Å². The van der Waals surface area contributed by atoms with Gasteiger partial charge in [-0.3, -0.25) is 10.2 Å². The van der Waals surface area contributed by atoms with E-state index in [1.165, 1.54) is 0 Å². The Bertz CT molecular complexity index is 469. The third-order valence-corrected chi connectivity index (χ3v) is 2.07. The van der Waals surface area contributed by atoms with Crippen LogP contribution in [-0.4, -0.2) is 31.6 Å². The van der Waals surface area contributed by atoms with Crippen LogP contribution in [0.1, 0.15) is 21.5 Å². The number of nitrogens with two attached hydrogens (primary N) is 1. The van der Waals surface area contributed by atoms with Gasteiger partial charge in [-0.05, 0) is 24.6 Å². The molecular weight excluding hydrogens is 214 g/mol. The molecule has 0 fully saturated rings. The second-order valence-corrected chi connectivity index (χ2v) is 3.89. The van der Waals surface area contributed by atoms with Crippen molar-refractivity contribution in [3.8, 4) is 11.8 Å². The van der Waals surface area contributed by atoms with Crippen LogP contribution in [0.4, 0.5) is 0 Å². The molecule has 1 rings (SSSR count). The van der Waals surface area contributed by atoms with Crippen molar-refractivity contribution < 1.29 is 4.79 Å². The molecule has 0 aromatic heterocycles. The molecule has 4 nitrogen and oxygen atoms in total. The van der Waals surface area contributed by atoms with E-state index < -0.39 is 0 Å². The zero-order chi connectivity index (χ0) is 12.8. The quantitative estimate of drug-likeness (QED) is 0.576. The van der Waals surface area contributed by atoms with Gasteiger partial charge in [-0.15, -0.1) is 0 Å². The Morgan fingerprint density at radius 1 is 1.47 bits per heavy atom. The maximum atomic E-state index is 11.9. The maximum Gasteiger partial charge on any atom is 0.266 e. The molecule has 90 valence electrons. The van der Waals surface area contributed by atoms with Crippen molar-refractivity contribution in [3.05, 3.63) is 34.9 Å². The highest BCUT2D eigenvalue weighted by molar-refractivity contribution is 5.96. The van der Waals surface area contributed by atoms with Crippen molar-refractivity contribution in [2.75, 3.05) is 20.6 Å². The second-order valence-electron chi connectivity index (χ2n) is 3.89. The predicted octanol–water partition coefficient (Wildman–Crippen LogP) is 0.512. The number of amides is 1. The highest BCUT2D eigenvalue weighted by Gasteiger charge is 2.10. The van der Waals surface area contributed by atoms with Crippen LogP contribution in [0.5, 0.6) is 0 Å². The Labute approximate surface area is 102 Å². The second kappa shape index (κ2) is 6.04. The molecule has 0 aliphatic rings. The standard InChI is InChI=1S/C13H17N3O/c1-10-6-7-12(13(17)15-16(2)3)11(9-10)5-4-8-14/h6-7,9H,8,14H2,1-3H3,(H,15,17). The summed E-state index contributed by atoms with van der Waals surface area (Å²) in [6, 6.07) is 5.54. The molecule has 0 saturated heterocycles. The highest BCUT2D eigenvalue weighted by Crippen LogP contribution is 2.10. The fourth-order valence-corrected chi connectivity index (χ4v) is 1.37. The van der Waals surface area contributed by atoms with E-state index in [2.05, 4.69) is 17.3 Å². The highest BCUT2D eigenvalue weighted by atomic mass is 16.2. The number of rotatable bonds is 2. The van der Waals surface area contributed by atoms with E-state index in [1.807, 2.05) is 19.1 Å². The first-order chi connectivity index (χ1) is 8.04. The van der Waals surface area contributed by atoms with Crippen LogP contribution in [0.15, 0.2) is 18.2 Å². The van der Waals surface area contributed by atoms with Gasteiger partial charge >= 0.3 is 0 Å². The summed E-state index contributed by atoms with van der Waals surface area (Å²) >= 11 is 0. The first-order valence-electron chi connectivity index (χ1n) is 5.32. The molecular formula is C13H17N3O. The summed E-state index contributed by atoms with van der Waals surface area (Å²) in [4.78, 5) is 11.9. The third kappa shape index (κ3) is 3.91. The van der Waals surface area contributed by atoms with Gasteiger partial charge in [0.05, 0.1) is 12.1 Å². The van der Waals surface area contributed by atoms with E-state index >= 15 is 0 Å². The van der Waals surface area contributed by atoms with Gasteiger partial charge in [0, 0.05) is 19.7 Å². The van der Waals surface area contributed by atoms with Crippen molar-refractivity contribution >= 4 is 5.91 Å². The number of nitrogens with zero attached hydrogens (tertiary/aromatic N) is 1. The Balaban J connectivity index is 3.09. The van der Waals surface area contributed by atoms with Gasteiger partial charge in [-0.1, -0.05) is 17.9 Å². The Morgan fingerprint density at radius 2 is 2.18 bits per heavy atom. The van der Waals surface area contributed by atoms with Crippen LogP contribution < -0.4 is 11.2 Å². The van der Waals surface area contributed by atoms with Crippen LogP contribution in [0.25, 0.3) is 0 Å². The molecule has 0 radical (unpaired) electrons. The minimum absolute atomic E-state index is 0.170. The Hall–Kier alpha value is -1.83. The molecule has 1 aromatic carbocycles. The van der Waals surface area contributed by atoms with E-state index in [0.29, 0.717) is 11.1 Å². The molecule has 1 aromatic rings. The summed E-state index contributed by atoms with van der Waals surface area (Å²) in [6.45, 7) is 2.24. The zero-order valence-electron chi connectivity index (χ0n) is 10.4. The van der Waals surface area contributed by atoms with E-state index in [-0.39, 0.29) is 12.5 Å². The van der Waals surface area contributed by atoms with Gasteiger partial charge in [0.25, 0.3) is 5.91 Å². The van der Waals surface area contributed by atoms with Gasteiger partial charge in [-0.2, -0.15) is 0 Å². The number of hydrazine groups is 1. The normalized spacial score (nSPS) is 9.71. The summed E-state index contributed by atoms with van der Waals surface area (Å²) in [5.74, 6) is 5.51. The van der Waals surface area contributed by atoms with Crippen LogP contribution in [0.3, 0.4) is 0 Å². The molecule has 17 heavy (non-hydrogen) atoms. The van der Waals surface area contributed by atoms with Gasteiger partial charge < -0.3 is 5.73 Å². The molecule has 0 bridgehead atoms. The number of benzene rings is 1. The van der Waals surface area contributed by atoms with E-state index in [0.717, 1.165) is 5.56 Å². The molecule has 0 aliphatic carbocycles. The first kappa shape index (κ1) is 13.2. The van der Waals surface area contributed by atoms with Crippen molar-refractivity contribution in [2.45, 2.75) is 6.92 Å². The topological polar surface area (TPSA) is 58.4 Å². The smallest absolute Gasteiger partial charge is 0.266 e. The third-order valence-electron chi connectivity index (χ3n) is 2.07. The number of carbonyl (C=O) groups excluding carboxylic acids is 1. The van der Waals surface area contributed by atoms with Gasteiger partial charge in [0.15, 0.2) is 0 Å². The number of hydrogen-bond acceptors (Lipinski definition) is 3. The van der Waals surface area contributed by atoms with Gasteiger partial charge in [0.2, 0.25) is 0 Å². The average Bonchev–Trinajstić information content (AvgIpc) is 2.25. The van der Waals surface area contributed by atoms with Crippen LogP contribution in [0, 0.1) is 18.8 Å². The number of nitrogens with one attached hydrogen (secondary N) is 1. The summed E-state index contributed by atoms with van der Waals surface area (Å²) < 4.78 is 0. The fraction of sp³-hybridized carbons (Fsp3) is 0.308. The fourth-order valence-electron chi connectivity index (χ4n) is 1.37. The zero-order valence-corrected chi connectivity index (χ0v) is 10.4. The molecule has 3 N–H and O–H groups in total. The lowest BCUT2D eigenvalue weighted by atomic mass is 10.0. The predicted molar refractivity (Wildman–Crippen MR) is 68.3 cm³/mol.